The highest BCUT2D eigenvalue weighted by Crippen LogP contribution is 2.34. The molecule has 3 aliphatic heterocycles. The van der Waals surface area contributed by atoms with Crippen LogP contribution < -0.4 is 15.6 Å². The second-order valence-corrected chi connectivity index (χ2v) is 18.1. The fourth-order valence-electron chi connectivity index (χ4n) is 9.96. The van der Waals surface area contributed by atoms with Crippen LogP contribution in [0, 0.1) is 11.8 Å². The number of pyridine rings is 1. The highest BCUT2D eigenvalue weighted by atomic mass is 16.5. The van der Waals surface area contributed by atoms with Gasteiger partial charge in [-0.2, -0.15) is 0 Å². The number of aromatic nitrogens is 1. The van der Waals surface area contributed by atoms with Gasteiger partial charge in [0.15, 0.2) is 6.61 Å². The van der Waals surface area contributed by atoms with Gasteiger partial charge in [-0.15, -0.1) is 0 Å². The molecule has 13 heteroatoms. The predicted molar refractivity (Wildman–Crippen MR) is 254 cm³/mol. The number of aromatic hydroxyl groups is 1. The van der Waals surface area contributed by atoms with Gasteiger partial charge in [-0.25, -0.2) is 0 Å². The van der Waals surface area contributed by atoms with Crippen molar-refractivity contribution in [3.63, 3.8) is 0 Å². The molecule has 2 amide bonds. The SMILES string of the molecule is O=C(OCC1CCN(Cc2ccccc2)CC1)C(c1ccccc1)c1cccc(OCC(=O)N2CC[C@H]3CN(C(=O)c4ccc(CNC[C@H](O)c5ccc(O)c6[nH]c(=O)ccc56)cc4)C[C@H]32)c1. The minimum atomic E-state index is -0.890. The summed E-state index contributed by atoms with van der Waals surface area (Å²) in [5, 5.41) is 24.9. The van der Waals surface area contributed by atoms with Gasteiger partial charge in [0, 0.05) is 62.2 Å². The van der Waals surface area contributed by atoms with Crippen molar-refractivity contribution in [3.05, 3.63) is 177 Å². The van der Waals surface area contributed by atoms with E-state index in [9.17, 15) is 29.4 Å². The van der Waals surface area contributed by atoms with Crippen LogP contribution in [0.1, 0.15) is 69.5 Å². The van der Waals surface area contributed by atoms with Gasteiger partial charge in [0.05, 0.1) is 24.3 Å². The molecular weight excluding hydrogens is 847 g/mol. The maximum absolute atomic E-state index is 13.9. The highest BCUT2D eigenvalue weighted by Gasteiger charge is 2.45. The molecule has 1 aromatic heterocycles. The Morgan fingerprint density at radius 1 is 0.776 bits per heavy atom. The number of benzene rings is 5. The van der Waals surface area contributed by atoms with Crippen molar-refractivity contribution >= 4 is 28.7 Å². The quantitative estimate of drug-likeness (QED) is 0.0800. The molecule has 0 radical (unpaired) electrons. The Hall–Kier alpha value is -6.80. The Balaban J connectivity index is 0.750. The number of amides is 2. The Morgan fingerprint density at radius 2 is 1.52 bits per heavy atom. The summed E-state index contributed by atoms with van der Waals surface area (Å²) < 4.78 is 12.2. The summed E-state index contributed by atoms with van der Waals surface area (Å²) in [6.45, 7) is 5.36. The Bertz CT molecular complexity index is 2720. The molecule has 4 heterocycles. The number of H-pyrrole nitrogens is 1. The lowest BCUT2D eigenvalue weighted by Gasteiger charge is -2.32. The lowest BCUT2D eigenvalue weighted by Crippen LogP contribution is -2.42. The number of piperidine rings is 1. The first-order chi connectivity index (χ1) is 32.7. The van der Waals surface area contributed by atoms with E-state index in [0.29, 0.717) is 61.0 Å². The lowest BCUT2D eigenvalue weighted by atomic mass is 9.91. The molecule has 6 aromatic rings. The molecule has 3 aliphatic rings. The smallest absolute Gasteiger partial charge is 0.317 e. The number of nitrogens with zero attached hydrogens (tertiary/aromatic N) is 3. The number of hydrogen-bond donors (Lipinski definition) is 4. The maximum Gasteiger partial charge on any atom is 0.317 e. The minimum absolute atomic E-state index is 0.0650. The van der Waals surface area contributed by atoms with Crippen LogP contribution in [-0.4, -0.2) is 106 Å². The molecule has 0 saturated carbocycles. The fourth-order valence-corrected chi connectivity index (χ4v) is 9.96. The number of fused-ring (bicyclic) bond motifs is 2. The largest absolute Gasteiger partial charge is 0.506 e. The number of rotatable bonds is 16. The first kappa shape index (κ1) is 45.4. The summed E-state index contributed by atoms with van der Waals surface area (Å²) in [5.74, 6) is -0.284. The van der Waals surface area contributed by atoms with Crippen LogP contribution in [0.2, 0.25) is 0 Å². The molecule has 346 valence electrons. The maximum atomic E-state index is 13.9. The van der Waals surface area contributed by atoms with E-state index >= 15 is 0 Å². The van der Waals surface area contributed by atoms with Gasteiger partial charge in [0.25, 0.3) is 11.8 Å². The predicted octanol–water partition coefficient (Wildman–Crippen LogP) is 6.40. The van der Waals surface area contributed by atoms with Crippen molar-refractivity contribution in [3.8, 4) is 11.5 Å². The minimum Gasteiger partial charge on any atom is -0.506 e. The number of aromatic amines is 1. The van der Waals surface area contributed by atoms with Gasteiger partial charge in [-0.3, -0.25) is 24.1 Å². The number of phenolic OH excluding ortho intramolecular Hbond substituents is 1. The van der Waals surface area contributed by atoms with E-state index in [2.05, 4.69) is 39.5 Å². The van der Waals surface area contributed by atoms with E-state index in [1.165, 1.54) is 17.7 Å². The fraction of sp³-hybridized carbons (Fsp3) is 0.333. The average molecular weight is 904 g/mol. The van der Waals surface area contributed by atoms with Crippen LogP contribution in [0.15, 0.2) is 138 Å². The van der Waals surface area contributed by atoms with Crippen molar-refractivity contribution in [2.24, 2.45) is 11.8 Å². The number of nitrogens with one attached hydrogen (secondary N) is 2. The number of aliphatic hydroxyl groups is 1. The number of phenols is 1. The van der Waals surface area contributed by atoms with Crippen molar-refractivity contribution in [2.45, 2.75) is 50.4 Å². The second-order valence-electron chi connectivity index (χ2n) is 18.1. The number of ether oxygens (including phenoxy) is 2. The standard InChI is InChI=1S/C54H57N5O8/c60-47-20-18-44(45-19-21-49(62)56-52(45)47)48(61)30-55-29-36-14-16-40(17-15-36)53(64)58-32-42-24-27-59(46(42)33-58)50(63)35-66-43-13-7-12-41(28-43)51(39-10-5-2-6-11-39)54(65)67-34-38-22-25-57(26-23-38)31-37-8-3-1-4-9-37/h1-21,28,38,42,46,48,51,55,60-61H,22-27,29-35H2,(H,56,62)/t42-,46+,48-,51?/m0/s1. The van der Waals surface area contributed by atoms with Crippen LogP contribution in [0.3, 0.4) is 0 Å². The number of aliphatic hydroxyl groups excluding tert-OH is 1. The Kier molecular flexibility index (Phi) is 14.1. The van der Waals surface area contributed by atoms with Crippen molar-refractivity contribution in [1.82, 2.24) is 25.0 Å². The van der Waals surface area contributed by atoms with E-state index < -0.39 is 12.0 Å². The zero-order valence-corrected chi connectivity index (χ0v) is 37.5. The van der Waals surface area contributed by atoms with Gasteiger partial charge >= 0.3 is 5.97 Å². The van der Waals surface area contributed by atoms with E-state index in [0.717, 1.165) is 55.6 Å². The molecule has 9 rings (SSSR count). The molecule has 0 aliphatic carbocycles. The van der Waals surface area contributed by atoms with Crippen LogP contribution in [0.25, 0.3) is 10.9 Å². The molecule has 4 N–H and O–H groups in total. The summed E-state index contributed by atoms with van der Waals surface area (Å²) in [4.78, 5) is 61.8. The number of hydrogen-bond acceptors (Lipinski definition) is 10. The summed E-state index contributed by atoms with van der Waals surface area (Å²) in [5.41, 5.74) is 4.87. The zero-order valence-electron chi connectivity index (χ0n) is 37.5. The third-order valence-electron chi connectivity index (χ3n) is 13.6. The van der Waals surface area contributed by atoms with Gasteiger partial charge in [-0.1, -0.05) is 91.0 Å². The molecular formula is C54H57N5O8. The van der Waals surface area contributed by atoms with Gasteiger partial charge in [-0.05, 0) is 102 Å². The molecule has 5 aromatic carbocycles. The van der Waals surface area contributed by atoms with E-state index in [-0.39, 0.29) is 59.7 Å². The molecule has 67 heavy (non-hydrogen) atoms. The molecule has 4 atom stereocenters. The van der Waals surface area contributed by atoms with E-state index in [1.807, 2.05) is 76.5 Å². The number of carbonyl (C=O) groups excluding carboxylic acids is 3. The second kappa shape index (κ2) is 20.8. The molecule has 0 spiro atoms. The summed E-state index contributed by atoms with van der Waals surface area (Å²) in [6, 6.07) is 40.8. The van der Waals surface area contributed by atoms with Gasteiger partial charge in [0.2, 0.25) is 5.56 Å². The van der Waals surface area contributed by atoms with Gasteiger partial charge < -0.3 is 39.8 Å². The summed E-state index contributed by atoms with van der Waals surface area (Å²) in [7, 11) is 0. The molecule has 1 unspecified atom stereocenters. The number of likely N-dealkylation sites (tertiary alicyclic amines) is 3. The van der Waals surface area contributed by atoms with E-state index in [1.54, 1.807) is 30.3 Å². The monoisotopic (exact) mass is 903 g/mol. The van der Waals surface area contributed by atoms with Crippen LogP contribution in [0.5, 0.6) is 11.5 Å². The summed E-state index contributed by atoms with van der Waals surface area (Å²) in [6.07, 6.45) is 1.85. The van der Waals surface area contributed by atoms with Crippen LogP contribution >= 0.6 is 0 Å². The topological polar surface area (TPSA) is 165 Å². The van der Waals surface area contributed by atoms with Crippen LogP contribution in [0.4, 0.5) is 0 Å². The third-order valence-corrected chi connectivity index (χ3v) is 13.6. The third kappa shape index (κ3) is 10.8. The summed E-state index contributed by atoms with van der Waals surface area (Å²) >= 11 is 0. The van der Waals surface area contributed by atoms with Crippen LogP contribution in [-0.2, 0) is 27.4 Å². The number of carbonyl (C=O) groups is 3. The van der Waals surface area contributed by atoms with Crippen molar-refractivity contribution in [1.29, 1.82) is 0 Å². The zero-order chi connectivity index (χ0) is 46.3. The molecule has 3 saturated heterocycles. The van der Waals surface area contributed by atoms with E-state index in [4.69, 9.17) is 9.47 Å². The first-order valence-corrected chi connectivity index (χ1v) is 23.3. The normalized spacial score (nSPS) is 18.4. The average Bonchev–Trinajstić information content (AvgIpc) is 3.96. The molecule has 13 nitrogen and oxygen atoms in total. The molecule has 0 bridgehead atoms. The number of esters is 1. The van der Waals surface area contributed by atoms with Crippen molar-refractivity contribution in [2.75, 3.05) is 52.5 Å². The highest BCUT2D eigenvalue weighted by molar-refractivity contribution is 5.94. The Labute approximate surface area is 389 Å². The Morgan fingerprint density at radius 3 is 2.30 bits per heavy atom. The molecule has 3 fully saturated rings. The van der Waals surface area contributed by atoms with Gasteiger partial charge in [0.1, 0.15) is 17.4 Å². The lowest BCUT2D eigenvalue weighted by molar-refractivity contribution is -0.146. The first-order valence-electron chi connectivity index (χ1n) is 23.3. The van der Waals surface area contributed by atoms with Crippen molar-refractivity contribution < 1.29 is 34.1 Å².